The van der Waals surface area contributed by atoms with Crippen molar-refractivity contribution < 1.29 is 4.74 Å². The number of aromatic nitrogens is 2. The monoisotopic (exact) mass is 197 g/mol. The van der Waals surface area contributed by atoms with Gasteiger partial charge < -0.3 is 14.6 Å². The molecule has 0 aliphatic carbocycles. The third kappa shape index (κ3) is 2.73. The molecule has 0 fully saturated rings. The number of methoxy groups -OCH3 is 1. The molecule has 4 heteroatoms. The van der Waals surface area contributed by atoms with Crippen LogP contribution in [0.15, 0.2) is 6.20 Å². The van der Waals surface area contributed by atoms with E-state index in [0.29, 0.717) is 6.61 Å². The molecular formula is C10H19N3O. The Morgan fingerprint density at radius 2 is 2.36 bits per heavy atom. The van der Waals surface area contributed by atoms with Gasteiger partial charge in [0.15, 0.2) is 0 Å². The molecule has 1 atom stereocenters. The lowest BCUT2D eigenvalue weighted by Crippen LogP contribution is -2.23. The number of imidazole rings is 1. The number of aryl methyl sites for hydroxylation is 2. The molecule has 1 N–H and O–H groups in total. The zero-order chi connectivity index (χ0) is 10.6. The lowest BCUT2D eigenvalue weighted by Gasteiger charge is -2.14. The van der Waals surface area contributed by atoms with Crippen molar-refractivity contribution in [3.8, 4) is 0 Å². The van der Waals surface area contributed by atoms with Gasteiger partial charge in [0.1, 0.15) is 0 Å². The maximum Gasteiger partial charge on any atom is 0.203 e. The molecule has 0 aliphatic rings. The lowest BCUT2D eigenvalue weighted by molar-refractivity contribution is 0.190. The summed E-state index contributed by atoms with van der Waals surface area (Å²) in [5.41, 5.74) is 1.04. The number of ether oxygens (including phenoxy) is 1. The van der Waals surface area contributed by atoms with E-state index in [1.165, 1.54) is 0 Å². The summed E-state index contributed by atoms with van der Waals surface area (Å²) in [5, 5.41) is 3.31. The van der Waals surface area contributed by atoms with Crippen LogP contribution in [0, 0.1) is 6.92 Å². The van der Waals surface area contributed by atoms with Gasteiger partial charge in [-0.25, -0.2) is 4.98 Å². The van der Waals surface area contributed by atoms with Crippen LogP contribution < -0.4 is 5.32 Å². The topological polar surface area (TPSA) is 39.1 Å². The van der Waals surface area contributed by atoms with Gasteiger partial charge in [0.05, 0.1) is 12.3 Å². The first-order valence-electron chi connectivity index (χ1n) is 4.96. The summed E-state index contributed by atoms with van der Waals surface area (Å²) < 4.78 is 7.16. The highest BCUT2D eigenvalue weighted by Gasteiger charge is 2.07. The lowest BCUT2D eigenvalue weighted by atomic mass is 10.4. The summed E-state index contributed by atoms with van der Waals surface area (Å²) in [6.07, 6.45) is 2.04. The van der Waals surface area contributed by atoms with Gasteiger partial charge in [0, 0.05) is 25.9 Å². The van der Waals surface area contributed by atoms with E-state index in [9.17, 15) is 0 Å². The van der Waals surface area contributed by atoms with Crippen LogP contribution in [0.5, 0.6) is 0 Å². The van der Waals surface area contributed by atoms with Crippen LogP contribution in [0.25, 0.3) is 0 Å². The first-order valence-corrected chi connectivity index (χ1v) is 4.96. The molecule has 0 aromatic carbocycles. The summed E-state index contributed by atoms with van der Waals surface area (Å²) in [4.78, 5) is 4.40. The Morgan fingerprint density at radius 1 is 1.64 bits per heavy atom. The Bertz CT molecular complexity index is 283. The first kappa shape index (κ1) is 11.0. The van der Waals surface area contributed by atoms with Crippen molar-refractivity contribution in [3.63, 3.8) is 0 Å². The zero-order valence-corrected chi connectivity index (χ0v) is 9.37. The normalized spacial score (nSPS) is 12.9. The molecule has 80 valence electrons. The number of hydrogen-bond donors (Lipinski definition) is 1. The summed E-state index contributed by atoms with van der Waals surface area (Å²) in [7, 11) is 1.70. The second kappa shape index (κ2) is 5.00. The van der Waals surface area contributed by atoms with E-state index in [2.05, 4.69) is 28.7 Å². The second-order valence-electron chi connectivity index (χ2n) is 3.49. The van der Waals surface area contributed by atoms with Crippen molar-refractivity contribution in [2.75, 3.05) is 19.0 Å². The molecule has 0 radical (unpaired) electrons. The van der Waals surface area contributed by atoms with Gasteiger partial charge in [-0.2, -0.15) is 0 Å². The highest BCUT2D eigenvalue weighted by molar-refractivity contribution is 5.29. The average molecular weight is 197 g/mol. The Kier molecular flexibility index (Phi) is 3.95. The number of nitrogens with one attached hydrogen (secondary N) is 1. The molecule has 0 saturated heterocycles. The molecule has 1 aromatic rings. The fraction of sp³-hybridized carbons (Fsp3) is 0.700. The number of anilines is 1. The highest BCUT2D eigenvalue weighted by Crippen LogP contribution is 2.09. The molecule has 0 amide bonds. The Labute approximate surface area is 85.3 Å². The fourth-order valence-electron chi connectivity index (χ4n) is 1.42. The van der Waals surface area contributed by atoms with E-state index in [-0.39, 0.29) is 6.04 Å². The molecule has 1 unspecified atom stereocenters. The van der Waals surface area contributed by atoms with Crippen molar-refractivity contribution in [1.82, 2.24) is 9.55 Å². The molecule has 0 aliphatic heterocycles. The molecule has 0 spiro atoms. The largest absolute Gasteiger partial charge is 0.383 e. The quantitative estimate of drug-likeness (QED) is 0.780. The van der Waals surface area contributed by atoms with Gasteiger partial charge in [-0.05, 0) is 20.8 Å². The van der Waals surface area contributed by atoms with E-state index < -0.39 is 0 Å². The minimum Gasteiger partial charge on any atom is -0.383 e. The van der Waals surface area contributed by atoms with Gasteiger partial charge in [-0.3, -0.25) is 0 Å². The predicted octanol–water partition coefficient (Wildman–Crippen LogP) is 1.66. The molecular weight excluding hydrogens is 178 g/mol. The minimum absolute atomic E-state index is 0.284. The maximum atomic E-state index is 5.06. The van der Waals surface area contributed by atoms with Crippen LogP contribution in [0.1, 0.15) is 19.5 Å². The molecule has 4 nitrogen and oxygen atoms in total. The fourth-order valence-corrected chi connectivity index (χ4v) is 1.42. The summed E-state index contributed by atoms with van der Waals surface area (Å²) >= 11 is 0. The molecule has 0 saturated carbocycles. The van der Waals surface area contributed by atoms with Crippen LogP contribution in [-0.2, 0) is 11.3 Å². The standard InChI is InChI=1S/C10H19N3O/c1-5-13-6-8(2)11-10(13)12-9(3)7-14-4/h6,9H,5,7H2,1-4H3,(H,11,12). The van der Waals surface area contributed by atoms with Gasteiger partial charge in [0.25, 0.3) is 0 Å². The molecule has 0 bridgehead atoms. The van der Waals surface area contributed by atoms with E-state index in [4.69, 9.17) is 4.74 Å². The zero-order valence-electron chi connectivity index (χ0n) is 9.37. The van der Waals surface area contributed by atoms with E-state index in [1.807, 2.05) is 13.1 Å². The van der Waals surface area contributed by atoms with Gasteiger partial charge in [-0.1, -0.05) is 0 Å². The highest BCUT2D eigenvalue weighted by atomic mass is 16.5. The third-order valence-electron chi connectivity index (χ3n) is 2.03. The van der Waals surface area contributed by atoms with Crippen LogP contribution >= 0.6 is 0 Å². The molecule has 1 heterocycles. The van der Waals surface area contributed by atoms with E-state index >= 15 is 0 Å². The summed E-state index contributed by atoms with van der Waals surface area (Å²) in [5.74, 6) is 0.926. The summed E-state index contributed by atoms with van der Waals surface area (Å²) in [6.45, 7) is 7.80. The maximum absolute atomic E-state index is 5.06. The molecule has 14 heavy (non-hydrogen) atoms. The third-order valence-corrected chi connectivity index (χ3v) is 2.03. The first-order chi connectivity index (χ1) is 6.67. The van der Waals surface area contributed by atoms with E-state index in [0.717, 1.165) is 18.2 Å². The van der Waals surface area contributed by atoms with E-state index in [1.54, 1.807) is 7.11 Å². The number of nitrogens with zero attached hydrogens (tertiary/aromatic N) is 2. The smallest absolute Gasteiger partial charge is 0.203 e. The Balaban J connectivity index is 2.65. The van der Waals surface area contributed by atoms with Gasteiger partial charge in [-0.15, -0.1) is 0 Å². The summed E-state index contributed by atoms with van der Waals surface area (Å²) in [6, 6.07) is 0.284. The van der Waals surface area contributed by atoms with Crippen LogP contribution in [0.2, 0.25) is 0 Å². The van der Waals surface area contributed by atoms with Crippen molar-refractivity contribution in [1.29, 1.82) is 0 Å². The van der Waals surface area contributed by atoms with Crippen LogP contribution in [0.3, 0.4) is 0 Å². The van der Waals surface area contributed by atoms with Gasteiger partial charge in [0.2, 0.25) is 5.95 Å². The van der Waals surface area contributed by atoms with Gasteiger partial charge >= 0.3 is 0 Å². The van der Waals surface area contributed by atoms with Crippen molar-refractivity contribution in [3.05, 3.63) is 11.9 Å². The second-order valence-corrected chi connectivity index (χ2v) is 3.49. The Morgan fingerprint density at radius 3 is 2.93 bits per heavy atom. The number of hydrogen-bond acceptors (Lipinski definition) is 3. The average Bonchev–Trinajstić information content (AvgIpc) is 2.46. The molecule has 1 rings (SSSR count). The van der Waals surface area contributed by atoms with Crippen LogP contribution in [0.4, 0.5) is 5.95 Å². The minimum atomic E-state index is 0.284. The van der Waals surface area contributed by atoms with Crippen LogP contribution in [-0.4, -0.2) is 29.3 Å². The number of rotatable bonds is 5. The van der Waals surface area contributed by atoms with Crippen molar-refractivity contribution in [2.45, 2.75) is 33.4 Å². The predicted molar refractivity (Wildman–Crippen MR) is 57.6 cm³/mol. The van der Waals surface area contributed by atoms with Crippen molar-refractivity contribution in [2.24, 2.45) is 0 Å². The molecule has 1 aromatic heterocycles. The van der Waals surface area contributed by atoms with Crippen molar-refractivity contribution >= 4 is 5.95 Å². The SMILES string of the molecule is CCn1cc(C)nc1NC(C)COC. The Hall–Kier alpha value is -1.03.